The van der Waals surface area contributed by atoms with Gasteiger partial charge in [0, 0.05) is 16.9 Å². The Kier molecular flexibility index (Phi) is 6.07. The maximum absolute atomic E-state index is 12.1. The van der Waals surface area contributed by atoms with E-state index in [9.17, 15) is 4.79 Å². The number of hydrogen-bond donors (Lipinski definition) is 2. The molecule has 0 unspecified atom stereocenters. The second-order valence-electron chi connectivity index (χ2n) is 4.62. The standard InChI is InChI=1S/C17H13Cl2N3O2/c1-24-14-5-3-13(4-6-14)21-10-11(9-20)17(23)22-16-7-2-12(18)8-15(16)19/h2-8,10,21H,1H3,(H,22,23)/b11-10-. The number of benzene rings is 2. The van der Waals surface area contributed by atoms with Crippen LogP contribution in [0.4, 0.5) is 11.4 Å². The molecule has 2 rings (SSSR count). The van der Waals surface area contributed by atoms with Crippen LogP contribution in [0.5, 0.6) is 5.75 Å². The number of nitrogens with one attached hydrogen (secondary N) is 2. The lowest BCUT2D eigenvalue weighted by atomic mass is 10.2. The molecule has 2 N–H and O–H groups in total. The molecular weight excluding hydrogens is 349 g/mol. The van der Waals surface area contributed by atoms with E-state index >= 15 is 0 Å². The predicted molar refractivity (Wildman–Crippen MR) is 95.4 cm³/mol. The molecule has 1 amide bonds. The molecule has 2 aromatic carbocycles. The number of rotatable bonds is 5. The van der Waals surface area contributed by atoms with Gasteiger partial charge in [-0.25, -0.2) is 0 Å². The number of carbonyl (C=O) groups is 1. The minimum Gasteiger partial charge on any atom is -0.497 e. The van der Waals surface area contributed by atoms with Crippen molar-refractivity contribution in [3.8, 4) is 11.8 Å². The number of amides is 1. The third-order valence-electron chi connectivity index (χ3n) is 3.02. The second kappa shape index (κ2) is 8.25. The summed E-state index contributed by atoms with van der Waals surface area (Å²) >= 11 is 11.8. The highest BCUT2D eigenvalue weighted by atomic mass is 35.5. The van der Waals surface area contributed by atoms with Crippen LogP contribution < -0.4 is 15.4 Å². The Bertz CT molecular complexity index is 812. The molecule has 0 fully saturated rings. The predicted octanol–water partition coefficient (Wildman–Crippen LogP) is 4.46. The van der Waals surface area contributed by atoms with Crippen molar-refractivity contribution in [1.29, 1.82) is 5.26 Å². The number of nitrogens with zero attached hydrogens (tertiary/aromatic N) is 1. The van der Waals surface area contributed by atoms with Crippen molar-refractivity contribution in [2.24, 2.45) is 0 Å². The number of ether oxygens (including phenoxy) is 1. The van der Waals surface area contributed by atoms with Gasteiger partial charge >= 0.3 is 0 Å². The first kappa shape index (κ1) is 17.7. The number of hydrogen-bond acceptors (Lipinski definition) is 4. The molecule has 122 valence electrons. The Labute approximate surface area is 149 Å². The van der Waals surface area contributed by atoms with Crippen LogP contribution in [0.15, 0.2) is 54.2 Å². The summed E-state index contributed by atoms with van der Waals surface area (Å²) in [6, 6.07) is 13.5. The van der Waals surface area contributed by atoms with E-state index in [0.29, 0.717) is 22.1 Å². The average molecular weight is 362 g/mol. The van der Waals surface area contributed by atoms with Gasteiger partial charge in [0.25, 0.3) is 5.91 Å². The van der Waals surface area contributed by atoms with Gasteiger partial charge in [0.1, 0.15) is 17.4 Å². The van der Waals surface area contributed by atoms with Crippen molar-refractivity contribution in [2.75, 3.05) is 17.7 Å². The summed E-state index contributed by atoms with van der Waals surface area (Å²) in [5.74, 6) is 0.128. The van der Waals surface area contributed by atoms with Crippen molar-refractivity contribution in [3.63, 3.8) is 0 Å². The monoisotopic (exact) mass is 361 g/mol. The Morgan fingerprint density at radius 2 is 1.92 bits per heavy atom. The lowest BCUT2D eigenvalue weighted by Gasteiger charge is -2.07. The van der Waals surface area contributed by atoms with Gasteiger partial charge in [-0.3, -0.25) is 4.79 Å². The van der Waals surface area contributed by atoms with Crippen LogP contribution in [0.2, 0.25) is 10.0 Å². The van der Waals surface area contributed by atoms with Crippen molar-refractivity contribution in [2.45, 2.75) is 0 Å². The summed E-state index contributed by atoms with van der Waals surface area (Å²) in [5, 5.41) is 15.3. The third kappa shape index (κ3) is 4.66. The number of carbonyl (C=O) groups excluding carboxylic acids is 1. The summed E-state index contributed by atoms with van der Waals surface area (Å²) in [5.41, 5.74) is 0.981. The molecule has 0 spiro atoms. The van der Waals surface area contributed by atoms with Gasteiger partial charge in [-0.2, -0.15) is 5.26 Å². The van der Waals surface area contributed by atoms with Crippen molar-refractivity contribution in [3.05, 3.63) is 64.3 Å². The van der Waals surface area contributed by atoms with Crippen LogP contribution in [0.1, 0.15) is 0 Å². The minimum atomic E-state index is -0.581. The van der Waals surface area contributed by atoms with Gasteiger partial charge in [0.15, 0.2) is 0 Å². The number of anilines is 2. The highest BCUT2D eigenvalue weighted by Crippen LogP contribution is 2.25. The van der Waals surface area contributed by atoms with E-state index < -0.39 is 5.91 Å². The quantitative estimate of drug-likeness (QED) is 0.608. The van der Waals surface area contributed by atoms with Crippen LogP contribution in [0, 0.1) is 11.3 Å². The molecule has 0 saturated carbocycles. The smallest absolute Gasteiger partial charge is 0.267 e. The topological polar surface area (TPSA) is 74.1 Å². The fourth-order valence-electron chi connectivity index (χ4n) is 1.77. The molecular formula is C17H13Cl2N3O2. The molecule has 0 atom stereocenters. The highest BCUT2D eigenvalue weighted by molar-refractivity contribution is 6.36. The molecule has 2 aromatic rings. The first-order valence-electron chi connectivity index (χ1n) is 6.80. The zero-order valence-electron chi connectivity index (χ0n) is 12.6. The van der Waals surface area contributed by atoms with Crippen molar-refractivity contribution in [1.82, 2.24) is 0 Å². The van der Waals surface area contributed by atoms with E-state index in [4.69, 9.17) is 33.2 Å². The van der Waals surface area contributed by atoms with E-state index in [2.05, 4.69) is 10.6 Å². The van der Waals surface area contributed by atoms with Crippen molar-refractivity contribution < 1.29 is 9.53 Å². The molecule has 0 aliphatic carbocycles. The zero-order valence-corrected chi connectivity index (χ0v) is 14.2. The normalized spacial score (nSPS) is 10.7. The molecule has 0 bridgehead atoms. The van der Waals surface area contributed by atoms with E-state index in [1.165, 1.54) is 12.3 Å². The van der Waals surface area contributed by atoms with Crippen LogP contribution in [0.3, 0.4) is 0 Å². The number of halogens is 2. The van der Waals surface area contributed by atoms with E-state index in [1.807, 2.05) is 6.07 Å². The first-order chi connectivity index (χ1) is 11.5. The lowest BCUT2D eigenvalue weighted by Crippen LogP contribution is -2.14. The summed E-state index contributed by atoms with van der Waals surface area (Å²) in [7, 11) is 1.57. The molecule has 0 aliphatic rings. The highest BCUT2D eigenvalue weighted by Gasteiger charge is 2.11. The molecule has 0 radical (unpaired) electrons. The molecule has 0 aromatic heterocycles. The first-order valence-corrected chi connectivity index (χ1v) is 7.56. The Morgan fingerprint density at radius 1 is 1.21 bits per heavy atom. The molecule has 0 aliphatic heterocycles. The fourth-order valence-corrected chi connectivity index (χ4v) is 2.23. The van der Waals surface area contributed by atoms with Gasteiger partial charge in [-0.15, -0.1) is 0 Å². The maximum Gasteiger partial charge on any atom is 0.267 e. The van der Waals surface area contributed by atoms with Gasteiger partial charge < -0.3 is 15.4 Å². The molecule has 7 heteroatoms. The van der Waals surface area contributed by atoms with Gasteiger partial charge in [-0.05, 0) is 42.5 Å². The fraction of sp³-hybridized carbons (Fsp3) is 0.0588. The maximum atomic E-state index is 12.1. The van der Waals surface area contributed by atoms with Crippen LogP contribution in [-0.2, 0) is 4.79 Å². The van der Waals surface area contributed by atoms with E-state index in [0.717, 1.165) is 0 Å². The van der Waals surface area contributed by atoms with Gasteiger partial charge in [0.2, 0.25) is 0 Å². The van der Waals surface area contributed by atoms with Crippen LogP contribution in [0.25, 0.3) is 0 Å². The second-order valence-corrected chi connectivity index (χ2v) is 5.46. The molecule has 0 heterocycles. The lowest BCUT2D eigenvalue weighted by molar-refractivity contribution is -0.112. The van der Waals surface area contributed by atoms with Crippen LogP contribution >= 0.6 is 23.2 Å². The molecule has 24 heavy (non-hydrogen) atoms. The molecule has 0 saturated heterocycles. The summed E-state index contributed by atoms with van der Waals surface area (Å²) < 4.78 is 5.06. The van der Waals surface area contributed by atoms with Crippen molar-refractivity contribution >= 4 is 40.5 Å². The summed E-state index contributed by atoms with van der Waals surface area (Å²) in [6.07, 6.45) is 1.32. The summed E-state index contributed by atoms with van der Waals surface area (Å²) in [6.45, 7) is 0. The van der Waals surface area contributed by atoms with Gasteiger partial charge in [0.05, 0.1) is 17.8 Å². The van der Waals surface area contributed by atoms with Crippen LogP contribution in [-0.4, -0.2) is 13.0 Å². The van der Waals surface area contributed by atoms with E-state index in [1.54, 1.807) is 43.5 Å². The molecule has 5 nitrogen and oxygen atoms in total. The zero-order chi connectivity index (χ0) is 17.5. The van der Waals surface area contributed by atoms with Gasteiger partial charge in [-0.1, -0.05) is 23.2 Å². The Balaban J connectivity index is 2.08. The third-order valence-corrected chi connectivity index (χ3v) is 3.57. The van der Waals surface area contributed by atoms with E-state index in [-0.39, 0.29) is 10.6 Å². The SMILES string of the molecule is COc1ccc(N/C=C(/C#N)C(=O)Nc2ccc(Cl)cc2Cl)cc1. The largest absolute Gasteiger partial charge is 0.497 e. The number of nitriles is 1. The average Bonchev–Trinajstić information content (AvgIpc) is 2.58. The Morgan fingerprint density at radius 3 is 2.50 bits per heavy atom. The minimum absolute atomic E-state index is 0.100. The number of methoxy groups -OCH3 is 1. The Hall–Kier alpha value is -2.68. The summed E-state index contributed by atoms with van der Waals surface area (Å²) in [4.78, 5) is 12.1.